The number of hydrogen-bond acceptors (Lipinski definition) is 1. The van der Waals surface area contributed by atoms with Crippen LogP contribution in [0.1, 0.15) is 50.2 Å². The van der Waals surface area contributed by atoms with Crippen molar-refractivity contribution in [1.29, 1.82) is 0 Å². The van der Waals surface area contributed by atoms with Crippen LogP contribution in [0.2, 0.25) is 0 Å². The largest absolute Gasteiger partial charge is 0.416 e. The van der Waals surface area contributed by atoms with Gasteiger partial charge in [0.1, 0.15) is 5.78 Å². The van der Waals surface area contributed by atoms with Gasteiger partial charge in [-0.25, -0.2) is 0 Å². The Labute approximate surface area is 123 Å². The van der Waals surface area contributed by atoms with Crippen LogP contribution >= 0.6 is 0 Å². The summed E-state index contributed by atoms with van der Waals surface area (Å²) in [7, 11) is 0. The molecule has 1 aromatic carbocycles. The van der Waals surface area contributed by atoms with Gasteiger partial charge in [-0.05, 0) is 36.5 Å². The second kappa shape index (κ2) is 6.63. The Hall–Kier alpha value is -1.32. The molecule has 0 aliphatic heterocycles. The molecule has 0 bridgehead atoms. The number of halogens is 3. The number of carbonyl (C=O) groups is 1. The number of hydrogen-bond donors (Lipinski definition) is 0. The third-order valence-electron chi connectivity index (χ3n) is 4.51. The first kappa shape index (κ1) is 16.1. The van der Waals surface area contributed by atoms with Crippen molar-refractivity contribution in [2.75, 3.05) is 0 Å². The topological polar surface area (TPSA) is 17.1 Å². The van der Waals surface area contributed by atoms with Gasteiger partial charge in [0.05, 0.1) is 5.56 Å². The molecule has 0 radical (unpaired) electrons. The lowest BCUT2D eigenvalue weighted by Crippen LogP contribution is -2.28. The van der Waals surface area contributed by atoms with Crippen molar-refractivity contribution in [3.05, 3.63) is 35.4 Å². The molecule has 0 amide bonds. The van der Waals surface area contributed by atoms with Gasteiger partial charge in [0.25, 0.3) is 0 Å². The zero-order valence-electron chi connectivity index (χ0n) is 12.2. The number of rotatable bonds is 4. The highest BCUT2D eigenvalue weighted by atomic mass is 19.4. The van der Waals surface area contributed by atoms with Crippen molar-refractivity contribution in [2.24, 2.45) is 11.8 Å². The molecule has 1 aliphatic carbocycles. The van der Waals surface area contributed by atoms with Gasteiger partial charge in [-0.2, -0.15) is 13.2 Å². The SMILES string of the molecule is CCC1CCCCC1C(=O)Cc1ccc(C(F)(F)F)cc1. The molecule has 1 nitrogen and oxygen atoms in total. The predicted molar refractivity (Wildman–Crippen MR) is 75.9 cm³/mol. The fourth-order valence-corrected chi connectivity index (χ4v) is 3.26. The lowest BCUT2D eigenvalue weighted by atomic mass is 9.74. The van der Waals surface area contributed by atoms with Crippen LogP contribution in [0.5, 0.6) is 0 Å². The smallest absolute Gasteiger partial charge is 0.299 e. The number of carbonyl (C=O) groups excluding carboxylic acids is 1. The van der Waals surface area contributed by atoms with Crippen LogP contribution in [-0.4, -0.2) is 5.78 Å². The van der Waals surface area contributed by atoms with E-state index in [0.717, 1.165) is 37.8 Å². The second-order valence-electron chi connectivity index (χ2n) is 5.90. The summed E-state index contributed by atoms with van der Waals surface area (Å²) in [6, 6.07) is 4.95. The number of alkyl halides is 3. The zero-order valence-corrected chi connectivity index (χ0v) is 12.2. The third-order valence-corrected chi connectivity index (χ3v) is 4.51. The van der Waals surface area contributed by atoms with Gasteiger partial charge in [-0.15, -0.1) is 0 Å². The van der Waals surface area contributed by atoms with Crippen molar-refractivity contribution >= 4 is 5.78 Å². The van der Waals surface area contributed by atoms with Gasteiger partial charge in [0.15, 0.2) is 0 Å². The minimum absolute atomic E-state index is 0.0889. The molecule has 0 saturated heterocycles. The molecule has 2 unspecified atom stereocenters. The number of benzene rings is 1. The van der Waals surface area contributed by atoms with E-state index in [1.54, 1.807) is 0 Å². The molecule has 1 saturated carbocycles. The average Bonchev–Trinajstić information content (AvgIpc) is 2.46. The predicted octanol–water partition coefficient (Wildman–Crippen LogP) is 5.03. The van der Waals surface area contributed by atoms with Crippen LogP contribution in [0.4, 0.5) is 13.2 Å². The van der Waals surface area contributed by atoms with Crippen LogP contribution in [0.25, 0.3) is 0 Å². The van der Waals surface area contributed by atoms with Crippen LogP contribution in [-0.2, 0) is 17.4 Å². The van der Waals surface area contributed by atoms with Gasteiger partial charge >= 0.3 is 6.18 Å². The first-order valence-corrected chi connectivity index (χ1v) is 7.60. The summed E-state index contributed by atoms with van der Waals surface area (Å²) in [5, 5.41) is 0. The third kappa shape index (κ3) is 4.08. The monoisotopic (exact) mass is 298 g/mol. The fourth-order valence-electron chi connectivity index (χ4n) is 3.26. The van der Waals surface area contributed by atoms with Crippen LogP contribution in [0.3, 0.4) is 0 Å². The molecule has 1 aliphatic rings. The Bertz CT molecular complexity index is 476. The summed E-state index contributed by atoms with van der Waals surface area (Å²) in [5.74, 6) is 0.716. The highest BCUT2D eigenvalue weighted by Gasteiger charge is 2.31. The fraction of sp³-hybridized carbons (Fsp3) is 0.588. The Balaban J connectivity index is 2.02. The molecule has 21 heavy (non-hydrogen) atoms. The van der Waals surface area contributed by atoms with Crippen molar-refractivity contribution in [2.45, 2.75) is 51.6 Å². The van der Waals surface area contributed by atoms with Crippen molar-refractivity contribution in [3.8, 4) is 0 Å². The van der Waals surface area contributed by atoms with E-state index in [1.807, 2.05) is 0 Å². The Kier molecular flexibility index (Phi) is 5.07. The van der Waals surface area contributed by atoms with E-state index < -0.39 is 11.7 Å². The molecule has 1 fully saturated rings. The standard InChI is InChI=1S/C17H21F3O/c1-2-13-5-3-4-6-15(13)16(21)11-12-7-9-14(10-8-12)17(18,19)20/h7-10,13,15H,2-6,11H2,1H3. The van der Waals surface area contributed by atoms with Crippen LogP contribution < -0.4 is 0 Å². The maximum Gasteiger partial charge on any atom is 0.416 e. The highest BCUT2D eigenvalue weighted by Crippen LogP contribution is 2.34. The molecule has 116 valence electrons. The summed E-state index contributed by atoms with van der Waals surface area (Å²) >= 11 is 0. The molecular formula is C17H21F3O. The second-order valence-corrected chi connectivity index (χ2v) is 5.90. The minimum atomic E-state index is -4.32. The van der Waals surface area contributed by atoms with Gasteiger partial charge < -0.3 is 0 Å². The maximum absolute atomic E-state index is 12.5. The first-order valence-electron chi connectivity index (χ1n) is 7.60. The normalized spacial score (nSPS) is 23.0. The molecule has 0 heterocycles. The molecule has 2 atom stereocenters. The van der Waals surface area contributed by atoms with Gasteiger partial charge in [-0.1, -0.05) is 38.3 Å². The summed E-state index contributed by atoms with van der Waals surface area (Å²) in [5.41, 5.74) is 0.0104. The molecule has 0 spiro atoms. The van der Waals surface area contributed by atoms with Crippen LogP contribution in [0, 0.1) is 11.8 Å². The molecule has 0 aromatic heterocycles. The number of Topliss-reactive ketones (excluding diaryl/α,β-unsaturated/α-hetero) is 1. The first-order chi connectivity index (χ1) is 9.91. The molecule has 1 aromatic rings. The highest BCUT2D eigenvalue weighted by molar-refractivity contribution is 5.83. The van der Waals surface area contributed by atoms with Crippen LogP contribution in [0.15, 0.2) is 24.3 Å². The lowest BCUT2D eigenvalue weighted by Gasteiger charge is -2.29. The Morgan fingerprint density at radius 3 is 2.33 bits per heavy atom. The quantitative estimate of drug-likeness (QED) is 0.761. The Morgan fingerprint density at radius 2 is 1.76 bits per heavy atom. The van der Waals surface area contributed by atoms with E-state index in [4.69, 9.17) is 0 Å². The minimum Gasteiger partial charge on any atom is -0.299 e. The molecular weight excluding hydrogens is 277 g/mol. The average molecular weight is 298 g/mol. The summed E-state index contributed by atoms with van der Waals surface area (Å²) in [4.78, 5) is 12.4. The summed E-state index contributed by atoms with van der Waals surface area (Å²) in [6.45, 7) is 2.11. The molecule has 2 rings (SSSR count). The molecule has 4 heteroatoms. The Morgan fingerprint density at radius 1 is 1.14 bits per heavy atom. The van der Waals surface area contributed by atoms with Gasteiger partial charge in [0.2, 0.25) is 0 Å². The van der Waals surface area contributed by atoms with Crippen molar-refractivity contribution < 1.29 is 18.0 Å². The van der Waals surface area contributed by atoms with Crippen molar-refractivity contribution in [1.82, 2.24) is 0 Å². The van der Waals surface area contributed by atoms with Crippen molar-refractivity contribution in [3.63, 3.8) is 0 Å². The lowest BCUT2D eigenvalue weighted by molar-refractivity contribution is -0.137. The van der Waals surface area contributed by atoms with E-state index in [-0.39, 0.29) is 18.1 Å². The van der Waals surface area contributed by atoms with E-state index in [0.29, 0.717) is 11.5 Å². The summed E-state index contributed by atoms with van der Waals surface area (Å²) < 4.78 is 37.5. The van der Waals surface area contributed by atoms with E-state index in [1.165, 1.54) is 18.6 Å². The van der Waals surface area contributed by atoms with E-state index in [9.17, 15) is 18.0 Å². The van der Waals surface area contributed by atoms with Gasteiger partial charge in [-0.3, -0.25) is 4.79 Å². The van der Waals surface area contributed by atoms with E-state index >= 15 is 0 Å². The van der Waals surface area contributed by atoms with E-state index in [2.05, 4.69) is 6.92 Å². The maximum atomic E-state index is 12.5. The van der Waals surface area contributed by atoms with Gasteiger partial charge in [0, 0.05) is 12.3 Å². The molecule has 0 N–H and O–H groups in total. The summed E-state index contributed by atoms with van der Waals surface area (Å²) in [6.07, 6.45) is 1.22. The number of ketones is 1. The zero-order chi connectivity index (χ0) is 15.5.